The number of hydrogen-bond donors (Lipinski definition) is 4. The van der Waals surface area contributed by atoms with Gasteiger partial charge in [-0.15, -0.1) is 0 Å². The number of carbonyl (C=O) groups excluding carboxylic acids is 4. The molecule has 4 atom stereocenters. The van der Waals surface area contributed by atoms with Crippen LogP contribution in [0.5, 0.6) is 0 Å². The van der Waals surface area contributed by atoms with Crippen LogP contribution < -0.4 is 10.6 Å². The molecule has 3 aromatic carbocycles. The van der Waals surface area contributed by atoms with Gasteiger partial charge >= 0.3 is 12.2 Å². The quantitative estimate of drug-likeness (QED) is 0.139. The third kappa shape index (κ3) is 7.15. The molecule has 5 aromatic rings. The molecular formula is C39H46N8O6Si. The van der Waals surface area contributed by atoms with E-state index in [4.69, 9.17) is 14.7 Å². The molecule has 0 radical (unpaired) electrons. The molecule has 2 fully saturated rings. The molecule has 4 amide bonds. The number of nitrogens with zero attached hydrogens (tertiary/aromatic N) is 4. The maximum Gasteiger partial charge on any atom is 0.407 e. The first-order valence-electron chi connectivity index (χ1n) is 18.2. The van der Waals surface area contributed by atoms with Crippen molar-refractivity contribution < 1.29 is 28.7 Å². The van der Waals surface area contributed by atoms with Gasteiger partial charge in [-0.05, 0) is 66.9 Å². The van der Waals surface area contributed by atoms with E-state index >= 15 is 0 Å². The van der Waals surface area contributed by atoms with Crippen molar-refractivity contribution in [3.05, 3.63) is 72.4 Å². The van der Waals surface area contributed by atoms with E-state index in [-0.39, 0.29) is 23.9 Å². The number of nitrogens with one attached hydrogen (secondary N) is 4. The van der Waals surface area contributed by atoms with Crippen molar-refractivity contribution in [3.63, 3.8) is 0 Å². The molecular weight excluding hydrogens is 705 g/mol. The standard InChI is InChI=1S/C39H46N8O6Si/c1-22(41-38(50)52-3)36(48)46-17-7-8-31(46)35-43-29-16-14-27-18-26(13-15-28(27)33(29)45-35)24-9-11-25(12-10-24)30-19-40-34(44-30)32-20-54(5,6)21-47(32)37(49)23(2)42-39(51)53-4/h9-16,18-19,22-23,31-32H,7-8,17,20-21H2,1-6H3,(H,40,44)(H,41,50)(H,42,51)(H,43,45)/t22-,23+,31-,32+/m1/s1. The molecule has 7 rings (SSSR count). The van der Waals surface area contributed by atoms with E-state index < -0.39 is 32.3 Å². The molecule has 0 bridgehead atoms. The van der Waals surface area contributed by atoms with Gasteiger partial charge in [-0.2, -0.15) is 0 Å². The minimum atomic E-state index is -1.71. The number of methoxy groups -OCH3 is 2. The maximum absolute atomic E-state index is 13.4. The Balaban J connectivity index is 1.08. The highest BCUT2D eigenvalue weighted by molar-refractivity contribution is 6.78. The summed E-state index contributed by atoms with van der Waals surface area (Å²) in [5.41, 5.74) is 5.72. The molecule has 4 N–H and O–H groups in total. The highest BCUT2D eigenvalue weighted by atomic mass is 28.3. The zero-order valence-corrected chi connectivity index (χ0v) is 32.4. The predicted octanol–water partition coefficient (Wildman–Crippen LogP) is 6.06. The van der Waals surface area contributed by atoms with Gasteiger partial charge in [0.15, 0.2) is 0 Å². The van der Waals surface area contributed by atoms with Crippen LogP contribution in [0.1, 0.15) is 50.4 Å². The van der Waals surface area contributed by atoms with Crippen LogP contribution in [0.2, 0.25) is 19.1 Å². The fourth-order valence-electron chi connectivity index (χ4n) is 7.81. The van der Waals surface area contributed by atoms with Crippen LogP contribution in [0.25, 0.3) is 44.2 Å². The van der Waals surface area contributed by atoms with Crippen molar-refractivity contribution in [2.45, 2.75) is 70.0 Å². The van der Waals surface area contributed by atoms with Crippen molar-refractivity contribution in [1.29, 1.82) is 0 Å². The Bertz CT molecular complexity index is 2230. The second kappa shape index (κ2) is 14.6. The first kappa shape index (κ1) is 36.6. The van der Waals surface area contributed by atoms with Crippen LogP contribution in [0.15, 0.2) is 60.8 Å². The fourth-order valence-corrected chi connectivity index (χ4v) is 10.7. The topological polar surface area (TPSA) is 175 Å². The Morgan fingerprint density at radius 1 is 0.815 bits per heavy atom. The molecule has 2 saturated heterocycles. The van der Waals surface area contributed by atoms with Crippen molar-refractivity contribution in [3.8, 4) is 22.4 Å². The van der Waals surface area contributed by atoms with E-state index in [0.29, 0.717) is 12.7 Å². The summed E-state index contributed by atoms with van der Waals surface area (Å²) >= 11 is 0. The summed E-state index contributed by atoms with van der Waals surface area (Å²) in [5, 5.41) is 7.24. The highest BCUT2D eigenvalue weighted by Crippen LogP contribution is 2.38. The van der Waals surface area contributed by atoms with Crippen LogP contribution in [-0.2, 0) is 19.1 Å². The average Bonchev–Trinajstić information content (AvgIpc) is 3.99. The van der Waals surface area contributed by atoms with Gasteiger partial charge in [0.2, 0.25) is 11.8 Å². The maximum atomic E-state index is 13.4. The van der Waals surface area contributed by atoms with Gasteiger partial charge < -0.3 is 39.9 Å². The molecule has 0 aliphatic carbocycles. The van der Waals surface area contributed by atoms with Gasteiger partial charge in [0.1, 0.15) is 23.7 Å². The minimum absolute atomic E-state index is 0.150. The lowest BCUT2D eigenvalue weighted by Gasteiger charge is -2.27. The Morgan fingerprint density at radius 2 is 1.46 bits per heavy atom. The van der Waals surface area contributed by atoms with Gasteiger partial charge in [-0.1, -0.05) is 55.6 Å². The fraction of sp³-hybridized carbons (Fsp3) is 0.385. The van der Waals surface area contributed by atoms with Crippen LogP contribution in [0.4, 0.5) is 9.59 Å². The summed E-state index contributed by atoms with van der Waals surface area (Å²) in [6, 6.07) is 17.8. The van der Waals surface area contributed by atoms with Crippen LogP contribution in [0.3, 0.4) is 0 Å². The number of H-pyrrole nitrogens is 2. The number of likely N-dealkylation sites (tertiary alicyclic amines) is 1. The second-order valence-electron chi connectivity index (χ2n) is 15.0. The Morgan fingerprint density at radius 3 is 2.15 bits per heavy atom. The number of imidazole rings is 2. The molecule has 2 aromatic heterocycles. The number of fused-ring (bicyclic) bond motifs is 3. The van der Waals surface area contributed by atoms with Crippen molar-refractivity contribution in [1.82, 2.24) is 40.4 Å². The van der Waals surface area contributed by atoms with Crippen molar-refractivity contribution in [2.24, 2.45) is 0 Å². The van der Waals surface area contributed by atoms with Gasteiger partial charge in [0.25, 0.3) is 0 Å². The average molecular weight is 751 g/mol. The van der Waals surface area contributed by atoms with E-state index in [9.17, 15) is 19.2 Å². The number of ether oxygens (including phenoxy) is 2. The second-order valence-corrected chi connectivity index (χ2v) is 20.1. The molecule has 0 saturated carbocycles. The van der Waals surface area contributed by atoms with Gasteiger partial charge in [0.05, 0.1) is 57.3 Å². The molecule has 2 aliphatic heterocycles. The zero-order valence-electron chi connectivity index (χ0n) is 31.4. The lowest BCUT2D eigenvalue weighted by molar-refractivity contribution is -0.134. The zero-order chi connectivity index (χ0) is 38.3. The van der Waals surface area contributed by atoms with Crippen molar-refractivity contribution >= 4 is 53.9 Å². The van der Waals surface area contributed by atoms with E-state index in [1.807, 2.05) is 17.2 Å². The van der Waals surface area contributed by atoms with Gasteiger partial charge in [0, 0.05) is 18.1 Å². The summed E-state index contributed by atoms with van der Waals surface area (Å²) < 4.78 is 9.36. The number of amides is 4. The number of aromatic nitrogens is 4. The lowest BCUT2D eigenvalue weighted by Crippen LogP contribution is -2.48. The molecule has 282 valence electrons. The summed E-state index contributed by atoms with van der Waals surface area (Å²) in [7, 11) is 0.844. The van der Waals surface area contributed by atoms with Crippen LogP contribution in [0, 0.1) is 0 Å². The molecule has 0 unspecified atom stereocenters. The molecule has 14 nitrogen and oxygen atoms in total. The number of alkyl carbamates (subject to hydrolysis) is 2. The van der Waals surface area contributed by atoms with E-state index in [1.54, 1.807) is 18.7 Å². The SMILES string of the molecule is COC(=O)N[C@@H](C)C(=O)N1C[Si](C)(C)C[C@H]1c1ncc(-c2ccc(-c3ccc4c(ccc5[nH]c([C@H]6CCCN6C(=O)[C@@H](C)NC(=O)OC)nc54)c3)cc2)[nH]1. The van der Waals surface area contributed by atoms with Crippen LogP contribution in [-0.4, -0.2) is 101 Å². The first-order chi connectivity index (χ1) is 25.8. The summed E-state index contributed by atoms with van der Waals surface area (Å²) in [6.45, 7) is 8.45. The first-order valence-corrected chi connectivity index (χ1v) is 21.6. The smallest absolute Gasteiger partial charge is 0.407 e. The third-order valence-corrected chi connectivity index (χ3v) is 13.3. The summed E-state index contributed by atoms with van der Waals surface area (Å²) in [6.07, 6.45) is 2.85. The molecule has 0 spiro atoms. The molecule has 54 heavy (non-hydrogen) atoms. The number of rotatable bonds is 8. The largest absolute Gasteiger partial charge is 0.453 e. The van der Waals surface area contributed by atoms with Gasteiger partial charge in [-0.25, -0.2) is 19.6 Å². The molecule has 2 aliphatic rings. The van der Waals surface area contributed by atoms with E-state index in [0.717, 1.165) is 74.7 Å². The molecule has 4 heterocycles. The Labute approximate surface area is 314 Å². The van der Waals surface area contributed by atoms with E-state index in [2.05, 4.69) is 87.0 Å². The lowest BCUT2D eigenvalue weighted by atomic mass is 9.99. The Hall–Kier alpha value is -5.70. The summed E-state index contributed by atoms with van der Waals surface area (Å²) in [4.78, 5) is 70.4. The highest BCUT2D eigenvalue weighted by Gasteiger charge is 2.44. The number of carbonyl (C=O) groups is 4. The molecule has 15 heteroatoms. The van der Waals surface area contributed by atoms with E-state index in [1.165, 1.54) is 14.2 Å². The van der Waals surface area contributed by atoms with Crippen molar-refractivity contribution in [2.75, 3.05) is 26.9 Å². The normalized spacial score (nSPS) is 19.1. The number of hydrogen-bond acceptors (Lipinski definition) is 8. The monoisotopic (exact) mass is 750 g/mol. The Kier molecular flexibility index (Phi) is 9.92. The van der Waals surface area contributed by atoms with Crippen LogP contribution >= 0.6 is 0 Å². The van der Waals surface area contributed by atoms with Gasteiger partial charge in [-0.3, -0.25) is 9.59 Å². The minimum Gasteiger partial charge on any atom is -0.453 e. The number of aromatic amines is 2. The summed E-state index contributed by atoms with van der Waals surface area (Å²) in [5.74, 6) is 1.16. The third-order valence-electron chi connectivity index (χ3n) is 10.6. The number of benzene rings is 3. The predicted molar refractivity (Wildman–Crippen MR) is 207 cm³/mol.